The fraction of sp³-hybridized carbons (Fsp3) is 0.0556. The van der Waals surface area contributed by atoms with Crippen molar-refractivity contribution in [1.82, 2.24) is 5.16 Å². The van der Waals surface area contributed by atoms with Gasteiger partial charge in [-0.3, -0.25) is 0 Å². The molecule has 0 saturated carbocycles. The number of ether oxygens (including phenoxy) is 1. The molecule has 0 saturated heterocycles. The predicted molar refractivity (Wildman–Crippen MR) is 89.7 cm³/mol. The maximum Gasteiger partial charge on any atom is 0.167 e. The Morgan fingerprint density at radius 1 is 0.957 bits per heavy atom. The maximum absolute atomic E-state index is 7.31. The highest BCUT2D eigenvalue weighted by atomic mass is 16.5. The van der Waals surface area contributed by atoms with Gasteiger partial charge in [-0.05, 0) is 23.3 Å². The van der Waals surface area contributed by atoms with Gasteiger partial charge in [0, 0.05) is 29.6 Å². The Bertz CT molecular complexity index is 851. The number of rotatable bonds is 5. The second kappa shape index (κ2) is 6.27. The summed E-state index contributed by atoms with van der Waals surface area (Å²) in [5, 5.41) is 18.6. The molecule has 0 bridgehead atoms. The number of aromatic nitrogens is 1. The van der Waals surface area contributed by atoms with Crippen LogP contribution in [0.5, 0.6) is 5.75 Å². The summed E-state index contributed by atoms with van der Waals surface area (Å²) in [7, 11) is 1.59. The molecule has 1 heterocycles. The summed E-state index contributed by atoms with van der Waals surface area (Å²) in [6.07, 6.45) is 2.57. The van der Waals surface area contributed by atoms with Crippen LogP contribution in [-0.4, -0.2) is 24.7 Å². The highest BCUT2D eigenvalue weighted by Crippen LogP contribution is 2.32. The molecule has 23 heavy (non-hydrogen) atoms. The molecule has 0 fully saturated rings. The first-order chi connectivity index (χ1) is 11.2. The molecular weight excluding hydrogens is 290 g/mol. The summed E-state index contributed by atoms with van der Waals surface area (Å²) in [5.74, 6) is 1.29. The Labute approximate surface area is 133 Å². The minimum Gasteiger partial charge on any atom is -0.496 e. The Morgan fingerprint density at radius 2 is 1.65 bits per heavy atom. The van der Waals surface area contributed by atoms with Crippen LogP contribution < -0.4 is 4.74 Å². The van der Waals surface area contributed by atoms with Gasteiger partial charge >= 0.3 is 0 Å². The minimum atomic E-state index is 0.644. The Kier molecular flexibility index (Phi) is 4.01. The second-order valence-electron chi connectivity index (χ2n) is 4.95. The van der Waals surface area contributed by atoms with E-state index >= 15 is 0 Å². The molecule has 3 rings (SSSR count). The van der Waals surface area contributed by atoms with Crippen LogP contribution in [0.15, 0.2) is 53.1 Å². The van der Waals surface area contributed by atoms with E-state index < -0.39 is 0 Å². The molecule has 0 amide bonds. The van der Waals surface area contributed by atoms with Crippen LogP contribution in [0.25, 0.3) is 22.6 Å². The summed E-state index contributed by atoms with van der Waals surface area (Å²) in [6.45, 7) is 0. The van der Waals surface area contributed by atoms with Gasteiger partial charge < -0.3 is 20.1 Å². The van der Waals surface area contributed by atoms with Crippen LogP contribution in [0.4, 0.5) is 0 Å². The maximum atomic E-state index is 7.31. The van der Waals surface area contributed by atoms with E-state index in [1.165, 1.54) is 12.4 Å². The van der Waals surface area contributed by atoms with Gasteiger partial charge in [0.05, 0.1) is 7.11 Å². The van der Waals surface area contributed by atoms with Crippen molar-refractivity contribution in [2.45, 2.75) is 0 Å². The van der Waals surface area contributed by atoms with Crippen molar-refractivity contribution >= 4 is 12.4 Å². The van der Waals surface area contributed by atoms with Crippen molar-refractivity contribution in [3.8, 4) is 28.3 Å². The molecule has 0 aliphatic heterocycles. The van der Waals surface area contributed by atoms with E-state index in [-0.39, 0.29) is 0 Å². The average Bonchev–Trinajstić information content (AvgIpc) is 3.11. The molecule has 2 aromatic carbocycles. The minimum absolute atomic E-state index is 0.644. The first-order valence-corrected chi connectivity index (χ1v) is 7.01. The predicted octanol–water partition coefficient (Wildman–Crippen LogP) is 4.01. The number of nitrogens with zero attached hydrogens (tertiary/aromatic N) is 1. The van der Waals surface area contributed by atoms with E-state index in [4.69, 9.17) is 20.1 Å². The summed E-state index contributed by atoms with van der Waals surface area (Å²) in [6, 6.07) is 14.8. The second-order valence-corrected chi connectivity index (χ2v) is 4.95. The van der Waals surface area contributed by atoms with E-state index in [0.717, 1.165) is 22.3 Å². The average molecular weight is 305 g/mol. The summed E-state index contributed by atoms with van der Waals surface area (Å²) in [4.78, 5) is 0. The molecule has 0 aliphatic carbocycles. The van der Waals surface area contributed by atoms with Crippen LogP contribution in [0.2, 0.25) is 0 Å². The molecule has 1 aromatic heterocycles. The van der Waals surface area contributed by atoms with E-state index in [9.17, 15) is 0 Å². The fourth-order valence-corrected chi connectivity index (χ4v) is 2.29. The topological polar surface area (TPSA) is 83.0 Å². The molecule has 114 valence electrons. The molecule has 2 N–H and O–H groups in total. The smallest absolute Gasteiger partial charge is 0.167 e. The third-order valence-corrected chi connectivity index (χ3v) is 3.54. The highest BCUT2D eigenvalue weighted by molar-refractivity contribution is 5.82. The van der Waals surface area contributed by atoms with E-state index in [1.807, 2.05) is 42.5 Å². The third-order valence-electron chi connectivity index (χ3n) is 3.54. The number of methoxy groups -OCH3 is 1. The Balaban J connectivity index is 1.98. The van der Waals surface area contributed by atoms with Crippen molar-refractivity contribution in [2.75, 3.05) is 7.11 Å². The normalized spacial score (nSPS) is 10.3. The van der Waals surface area contributed by atoms with Crippen molar-refractivity contribution < 1.29 is 9.26 Å². The van der Waals surface area contributed by atoms with Crippen LogP contribution in [0, 0.1) is 10.8 Å². The monoisotopic (exact) mass is 305 g/mol. The van der Waals surface area contributed by atoms with Gasteiger partial charge in [0.25, 0.3) is 0 Å². The molecule has 0 atom stereocenters. The fourth-order valence-electron chi connectivity index (χ4n) is 2.29. The quantitative estimate of drug-likeness (QED) is 0.698. The van der Waals surface area contributed by atoms with E-state index in [2.05, 4.69) is 5.16 Å². The zero-order chi connectivity index (χ0) is 16.2. The lowest BCUT2D eigenvalue weighted by Crippen LogP contribution is -1.90. The molecular formula is C18H15N3O2. The number of nitrogens with one attached hydrogen (secondary N) is 2. The van der Waals surface area contributed by atoms with Gasteiger partial charge in [-0.15, -0.1) is 0 Å². The summed E-state index contributed by atoms with van der Waals surface area (Å²) < 4.78 is 10.8. The van der Waals surface area contributed by atoms with E-state index in [0.29, 0.717) is 17.2 Å². The number of hydrogen-bond acceptors (Lipinski definition) is 5. The highest BCUT2D eigenvalue weighted by Gasteiger charge is 2.13. The molecule has 0 radical (unpaired) electrons. The van der Waals surface area contributed by atoms with Gasteiger partial charge in [-0.25, -0.2) is 0 Å². The summed E-state index contributed by atoms with van der Waals surface area (Å²) >= 11 is 0. The van der Waals surface area contributed by atoms with Crippen LogP contribution in [0.1, 0.15) is 11.1 Å². The third kappa shape index (κ3) is 2.89. The standard InChI is InChI=1S/C18H15N3O2/c1-22-18-8-13(11-20)4-7-15(18)16-9-17(23-21-16)14-5-2-12(10-19)3-6-14/h2-11,19-20H,1H3. The van der Waals surface area contributed by atoms with Crippen LogP contribution in [-0.2, 0) is 0 Å². The van der Waals surface area contributed by atoms with Gasteiger partial charge in [-0.1, -0.05) is 35.5 Å². The first kappa shape index (κ1) is 14.7. The summed E-state index contributed by atoms with van der Waals surface area (Å²) in [5.41, 5.74) is 3.96. The molecule has 3 aromatic rings. The molecule has 0 unspecified atom stereocenters. The SMILES string of the molecule is COc1cc(C=N)ccc1-c1cc(-c2ccc(C=N)cc2)on1. The van der Waals surface area contributed by atoms with Crippen molar-refractivity contribution in [3.63, 3.8) is 0 Å². The lowest BCUT2D eigenvalue weighted by molar-refractivity contribution is 0.413. The molecule has 5 nitrogen and oxygen atoms in total. The number of hydrogen-bond donors (Lipinski definition) is 2. The van der Waals surface area contributed by atoms with Crippen molar-refractivity contribution in [2.24, 2.45) is 0 Å². The first-order valence-electron chi connectivity index (χ1n) is 7.01. The van der Waals surface area contributed by atoms with Gasteiger partial charge in [0.2, 0.25) is 0 Å². The lowest BCUT2D eigenvalue weighted by Gasteiger charge is -2.06. The number of benzene rings is 2. The van der Waals surface area contributed by atoms with E-state index in [1.54, 1.807) is 13.2 Å². The van der Waals surface area contributed by atoms with Crippen LogP contribution in [0.3, 0.4) is 0 Å². The Morgan fingerprint density at radius 3 is 2.30 bits per heavy atom. The molecule has 0 aliphatic rings. The molecule has 5 heteroatoms. The zero-order valence-electron chi connectivity index (χ0n) is 12.5. The van der Waals surface area contributed by atoms with Crippen LogP contribution >= 0.6 is 0 Å². The van der Waals surface area contributed by atoms with Crippen molar-refractivity contribution in [1.29, 1.82) is 10.8 Å². The van der Waals surface area contributed by atoms with Gasteiger partial charge in [0.15, 0.2) is 5.76 Å². The molecule has 0 spiro atoms. The largest absolute Gasteiger partial charge is 0.496 e. The van der Waals surface area contributed by atoms with Gasteiger partial charge in [0.1, 0.15) is 11.4 Å². The van der Waals surface area contributed by atoms with Crippen molar-refractivity contribution in [3.05, 3.63) is 59.7 Å². The zero-order valence-corrected chi connectivity index (χ0v) is 12.5. The Hall–Kier alpha value is -3.21. The lowest BCUT2D eigenvalue weighted by atomic mass is 10.1. The van der Waals surface area contributed by atoms with Gasteiger partial charge in [-0.2, -0.15) is 0 Å².